The summed E-state index contributed by atoms with van der Waals surface area (Å²) in [6, 6.07) is 10.9. The zero-order valence-corrected chi connectivity index (χ0v) is 16.5. The van der Waals surface area contributed by atoms with Gasteiger partial charge in [-0.2, -0.15) is 0 Å². The van der Waals surface area contributed by atoms with Crippen LogP contribution in [0, 0.1) is 5.92 Å². The van der Waals surface area contributed by atoms with Crippen LogP contribution in [0.4, 0.5) is 0 Å². The SMILES string of the molecule is CC(=O)N[C@@H](c1ccccn1)C1CCN(C(=O)c2ccc3c(c2)OCCO3)CC1. The molecule has 2 amide bonds. The number of hydrogen-bond donors (Lipinski definition) is 1. The van der Waals surface area contributed by atoms with E-state index in [9.17, 15) is 9.59 Å². The Morgan fingerprint density at radius 3 is 2.55 bits per heavy atom. The minimum Gasteiger partial charge on any atom is -0.486 e. The van der Waals surface area contributed by atoms with Gasteiger partial charge >= 0.3 is 0 Å². The highest BCUT2D eigenvalue weighted by Gasteiger charge is 2.31. The van der Waals surface area contributed by atoms with Gasteiger partial charge in [-0.1, -0.05) is 6.07 Å². The van der Waals surface area contributed by atoms with E-state index >= 15 is 0 Å². The van der Waals surface area contributed by atoms with Gasteiger partial charge in [-0.3, -0.25) is 14.6 Å². The first-order valence-corrected chi connectivity index (χ1v) is 9.99. The van der Waals surface area contributed by atoms with Crippen LogP contribution in [0.2, 0.25) is 0 Å². The second kappa shape index (κ2) is 8.51. The third-order valence-electron chi connectivity index (χ3n) is 5.45. The fourth-order valence-corrected chi connectivity index (χ4v) is 4.01. The van der Waals surface area contributed by atoms with Gasteiger partial charge in [-0.25, -0.2) is 0 Å². The van der Waals surface area contributed by atoms with Crippen molar-refractivity contribution in [1.82, 2.24) is 15.2 Å². The summed E-state index contributed by atoms with van der Waals surface area (Å²) < 4.78 is 11.1. The summed E-state index contributed by atoms with van der Waals surface area (Å²) >= 11 is 0. The third-order valence-corrected chi connectivity index (χ3v) is 5.45. The quantitative estimate of drug-likeness (QED) is 0.861. The predicted molar refractivity (Wildman–Crippen MR) is 107 cm³/mol. The van der Waals surface area contributed by atoms with Crippen molar-refractivity contribution in [3.05, 3.63) is 53.9 Å². The summed E-state index contributed by atoms with van der Waals surface area (Å²) in [7, 11) is 0. The summed E-state index contributed by atoms with van der Waals surface area (Å²) in [5.41, 5.74) is 1.47. The molecule has 7 heteroatoms. The highest BCUT2D eigenvalue weighted by atomic mass is 16.6. The van der Waals surface area contributed by atoms with E-state index in [1.165, 1.54) is 6.92 Å². The molecule has 0 saturated carbocycles. The highest BCUT2D eigenvalue weighted by molar-refractivity contribution is 5.95. The van der Waals surface area contributed by atoms with Crippen molar-refractivity contribution in [1.29, 1.82) is 0 Å². The number of nitrogens with zero attached hydrogens (tertiary/aromatic N) is 2. The van der Waals surface area contributed by atoms with E-state index in [-0.39, 0.29) is 23.8 Å². The predicted octanol–water partition coefficient (Wildman–Crippen LogP) is 2.58. The van der Waals surface area contributed by atoms with Gasteiger partial charge in [0.15, 0.2) is 11.5 Å². The highest BCUT2D eigenvalue weighted by Crippen LogP contribution is 2.33. The first-order chi connectivity index (χ1) is 14.1. The van der Waals surface area contributed by atoms with Crippen LogP contribution < -0.4 is 14.8 Å². The number of rotatable bonds is 4. The molecule has 1 aromatic heterocycles. The Bertz CT molecular complexity index is 879. The normalized spacial score (nSPS) is 17.5. The van der Waals surface area contributed by atoms with E-state index in [2.05, 4.69) is 10.3 Å². The average Bonchev–Trinajstić information content (AvgIpc) is 2.77. The lowest BCUT2D eigenvalue weighted by Crippen LogP contribution is -2.43. The summed E-state index contributed by atoms with van der Waals surface area (Å²) in [5.74, 6) is 1.46. The number of likely N-dealkylation sites (tertiary alicyclic amines) is 1. The molecule has 1 atom stereocenters. The van der Waals surface area contributed by atoms with Crippen LogP contribution in [-0.2, 0) is 4.79 Å². The number of fused-ring (bicyclic) bond motifs is 1. The van der Waals surface area contributed by atoms with Crippen molar-refractivity contribution in [3.8, 4) is 11.5 Å². The van der Waals surface area contributed by atoms with E-state index < -0.39 is 0 Å². The Morgan fingerprint density at radius 2 is 1.86 bits per heavy atom. The molecule has 1 aromatic carbocycles. The smallest absolute Gasteiger partial charge is 0.253 e. The van der Waals surface area contributed by atoms with E-state index in [4.69, 9.17) is 9.47 Å². The van der Waals surface area contributed by atoms with Gasteiger partial charge < -0.3 is 19.7 Å². The zero-order valence-electron chi connectivity index (χ0n) is 16.5. The number of carbonyl (C=O) groups is 2. The van der Waals surface area contributed by atoms with Crippen molar-refractivity contribution >= 4 is 11.8 Å². The van der Waals surface area contributed by atoms with Gasteiger partial charge in [0.25, 0.3) is 5.91 Å². The Hall–Kier alpha value is -3.09. The number of nitrogens with one attached hydrogen (secondary N) is 1. The number of piperidine rings is 1. The lowest BCUT2D eigenvalue weighted by molar-refractivity contribution is -0.120. The van der Waals surface area contributed by atoms with E-state index in [0.717, 1.165) is 18.5 Å². The zero-order chi connectivity index (χ0) is 20.2. The van der Waals surface area contributed by atoms with Crippen LogP contribution in [0.15, 0.2) is 42.6 Å². The number of ether oxygens (including phenoxy) is 2. The molecule has 2 aliphatic rings. The van der Waals surface area contributed by atoms with Crippen molar-refractivity contribution in [2.24, 2.45) is 5.92 Å². The number of aromatic nitrogens is 1. The molecular weight excluding hydrogens is 370 g/mol. The molecule has 7 nitrogen and oxygen atoms in total. The fraction of sp³-hybridized carbons (Fsp3) is 0.409. The van der Waals surface area contributed by atoms with Crippen molar-refractivity contribution in [2.75, 3.05) is 26.3 Å². The molecule has 152 valence electrons. The second-order valence-corrected chi connectivity index (χ2v) is 7.42. The number of hydrogen-bond acceptors (Lipinski definition) is 5. The lowest BCUT2D eigenvalue weighted by Gasteiger charge is -2.36. The molecule has 0 unspecified atom stereocenters. The first-order valence-electron chi connectivity index (χ1n) is 9.99. The first kappa shape index (κ1) is 19.2. The van der Waals surface area contributed by atoms with Crippen molar-refractivity contribution in [3.63, 3.8) is 0 Å². The Morgan fingerprint density at radius 1 is 1.10 bits per heavy atom. The van der Waals surface area contributed by atoms with Gasteiger partial charge in [0, 0.05) is 31.8 Å². The molecule has 2 aliphatic heterocycles. The third kappa shape index (κ3) is 4.34. The van der Waals surface area contributed by atoms with Crippen molar-refractivity contribution in [2.45, 2.75) is 25.8 Å². The molecule has 0 radical (unpaired) electrons. The van der Waals surface area contributed by atoms with Crippen LogP contribution in [0.5, 0.6) is 11.5 Å². The van der Waals surface area contributed by atoms with Crippen LogP contribution in [0.3, 0.4) is 0 Å². The van der Waals surface area contributed by atoms with Gasteiger partial charge in [0.1, 0.15) is 13.2 Å². The number of carbonyl (C=O) groups excluding carboxylic acids is 2. The van der Waals surface area contributed by atoms with E-state index in [1.54, 1.807) is 24.4 Å². The summed E-state index contributed by atoms with van der Waals surface area (Å²) in [4.78, 5) is 31.0. The second-order valence-electron chi connectivity index (χ2n) is 7.42. The van der Waals surface area contributed by atoms with Crippen molar-refractivity contribution < 1.29 is 19.1 Å². The van der Waals surface area contributed by atoms with Crippen LogP contribution in [0.1, 0.15) is 41.9 Å². The average molecular weight is 395 g/mol. The Kier molecular flexibility index (Phi) is 5.64. The number of pyridine rings is 1. The van der Waals surface area contributed by atoms with Gasteiger partial charge in [0.2, 0.25) is 5.91 Å². The topological polar surface area (TPSA) is 80.8 Å². The molecule has 0 aliphatic carbocycles. The fourth-order valence-electron chi connectivity index (χ4n) is 4.01. The Labute approximate surface area is 170 Å². The lowest BCUT2D eigenvalue weighted by atomic mass is 9.87. The number of amides is 2. The van der Waals surface area contributed by atoms with E-state index in [0.29, 0.717) is 43.4 Å². The molecule has 2 aromatic rings. The summed E-state index contributed by atoms with van der Waals surface area (Å²) in [5, 5.41) is 3.04. The molecule has 4 rings (SSSR count). The maximum absolute atomic E-state index is 13.0. The maximum atomic E-state index is 13.0. The van der Waals surface area contributed by atoms with E-state index in [1.807, 2.05) is 23.1 Å². The van der Waals surface area contributed by atoms with Crippen LogP contribution >= 0.6 is 0 Å². The molecular formula is C22H25N3O4. The molecule has 3 heterocycles. The molecule has 1 N–H and O–H groups in total. The van der Waals surface area contributed by atoms with Crippen LogP contribution in [-0.4, -0.2) is 48.0 Å². The molecule has 0 spiro atoms. The molecule has 1 saturated heterocycles. The molecule has 29 heavy (non-hydrogen) atoms. The van der Waals surface area contributed by atoms with Gasteiger partial charge in [-0.15, -0.1) is 0 Å². The maximum Gasteiger partial charge on any atom is 0.253 e. The monoisotopic (exact) mass is 395 g/mol. The number of benzene rings is 1. The van der Waals surface area contributed by atoms with Gasteiger partial charge in [0.05, 0.1) is 11.7 Å². The minimum absolute atomic E-state index is 0.00524. The summed E-state index contributed by atoms with van der Waals surface area (Å²) in [6.45, 7) is 3.83. The largest absolute Gasteiger partial charge is 0.486 e. The Balaban J connectivity index is 1.43. The summed E-state index contributed by atoms with van der Waals surface area (Å²) in [6.07, 6.45) is 3.35. The standard InChI is InChI=1S/C22H25N3O4/c1-15(26)24-21(18-4-2-3-9-23-18)16-7-10-25(11-8-16)22(27)17-5-6-19-20(14-17)29-13-12-28-19/h2-6,9,14,16,21H,7-8,10-13H2,1H3,(H,24,26)/t21-/m1/s1. The van der Waals surface area contributed by atoms with Crippen LogP contribution in [0.25, 0.3) is 0 Å². The molecule has 0 bridgehead atoms. The molecule has 1 fully saturated rings. The van der Waals surface area contributed by atoms with Gasteiger partial charge in [-0.05, 0) is 49.1 Å². The minimum atomic E-state index is -0.139.